The summed E-state index contributed by atoms with van der Waals surface area (Å²) in [6, 6.07) is 0.893. The van der Waals surface area contributed by atoms with E-state index in [2.05, 4.69) is 36.4 Å². The fraction of sp³-hybridized carbons (Fsp3) is 0.286. The number of anilines is 1. The Bertz CT molecular complexity index is 1470. The van der Waals surface area contributed by atoms with Crippen molar-refractivity contribution in [2.75, 3.05) is 5.32 Å². The minimum Gasteiger partial charge on any atom is -0.365 e. The molecular formula is C21H19BrF3N7O2S. The molecule has 0 unspecified atom stereocenters. The molecule has 4 heterocycles. The van der Waals surface area contributed by atoms with Crippen molar-refractivity contribution in [2.24, 2.45) is 12.8 Å². The molecule has 0 aliphatic heterocycles. The number of carbonyl (C=O) groups is 2. The van der Waals surface area contributed by atoms with Gasteiger partial charge in [0.2, 0.25) is 5.91 Å². The number of aromatic nitrogens is 5. The average Bonchev–Trinajstić information content (AvgIpc) is 3.42. The summed E-state index contributed by atoms with van der Waals surface area (Å²) in [5.41, 5.74) is 6.39. The van der Waals surface area contributed by atoms with Crippen molar-refractivity contribution in [3.05, 3.63) is 44.9 Å². The van der Waals surface area contributed by atoms with Crippen molar-refractivity contribution < 1.29 is 22.8 Å². The van der Waals surface area contributed by atoms with Gasteiger partial charge in [-0.15, -0.1) is 11.3 Å². The second kappa shape index (κ2) is 9.07. The van der Waals surface area contributed by atoms with Crippen LogP contribution in [-0.2, 0) is 24.6 Å². The number of hydrogen-bond acceptors (Lipinski definition) is 6. The standard InChI is InChI=1S/C21H19BrF3N7O2S/c1-9-12(7-27-31(9)3)11-6-14(21(23,24)25)29-20-16(11)17(18(35-20)19(26)34)30-15(33)4-5-32-10(2)13(22)8-28-32/h6-8H,4-5H2,1-3H3,(H2,26,34)(H,30,33). The number of thiophene rings is 1. The largest absolute Gasteiger partial charge is 0.433 e. The summed E-state index contributed by atoms with van der Waals surface area (Å²) in [7, 11) is 1.66. The van der Waals surface area contributed by atoms with Crippen molar-refractivity contribution in [1.29, 1.82) is 0 Å². The second-order valence-electron chi connectivity index (χ2n) is 7.77. The lowest BCUT2D eigenvalue weighted by Crippen LogP contribution is -2.18. The number of primary amides is 1. The monoisotopic (exact) mass is 569 g/mol. The molecule has 0 saturated heterocycles. The zero-order valence-electron chi connectivity index (χ0n) is 18.7. The van der Waals surface area contributed by atoms with E-state index >= 15 is 0 Å². The third-order valence-electron chi connectivity index (χ3n) is 5.56. The number of amides is 2. The van der Waals surface area contributed by atoms with E-state index in [-0.39, 0.29) is 39.3 Å². The lowest BCUT2D eigenvalue weighted by molar-refractivity contribution is -0.140. The number of nitrogens with two attached hydrogens (primary N) is 1. The zero-order chi connectivity index (χ0) is 25.7. The third-order valence-corrected chi connectivity index (χ3v) is 7.44. The Morgan fingerprint density at radius 1 is 1.17 bits per heavy atom. The number of halogens is 4. The van der Waals surface area contributed by atoms with Crippen molar-refractivity contribution in [3.63, 3.8) is 0 Å². The Kier molecular flexibility index (Phi) is 6.44. The molecule has 0 spiro atoms. The normalized spacial score (nSPS) is 11.9. The predicted octanol–water partition coefficient (Wildman–Crippen LogP) is 4.42. The van der Waals surface area contributed by atoms with E-state index in [1.54, 1.807) is 24.9 Å². The summed E-state index contributed by atoms with van der Waals surface area (Å²) in [5, 5.41) is 11.2. The first-order valence-electron chi connectivity index (χ1n) is 10.2. The van der Waals surface area contributed by atoms with Gasteiger partial charge in [-0.2, -0.15) is 23.4 Å². The first-order chi connectivity index (χ1) is 16.4. The Morgan fingerprint density at radius 3 is 2.43 bits per heavy atom. The summed E-state index contributed by atoms with van der Waals surface area (Å²) >= 11 is 4.05. The zero-order valence-corrected chi connectivity index (χ0v) is 21.1. The van der Waals surface area contributed by atoms with Crippen LogP contribution in [0.4, 0.5) is 18.9 Å². The van der Waals surface area contributed by atoms with Gasteiger partial charge in [-0.3, -0.25) is 19.0 Å². The van der Waals surface area contributed by atoms with Gasteiger partial charge in [-0.1, -0.05) is 0 Å². The lowest BCUT2D eigenvalue weighted by atomic mass is 10.0. The van der Waals surface area contributed by atoms with Gasteiger partial charge in [-0.25, -0.2) is 4.98 Å². The second-order valence-corrected chi connectivity index (χ2v) is 9.62. The van der Waals surface area contributed by atoms with Crippen LogP contribution in [0, 0.1) is 13.8 Å². The van der Waals surface area contributed by atoms with Crippen molar-refractivity contribution in [2.45, 2.75) is 33.0 Å². The summed E-state index contributed by atoms with van der Waals surface area (Å²) in [4.78, 5) is 28.6. The highest BCUT2D eigenvalue weighted by molar-refractivity contribution is 9.10. The van der Waals surface area contributed by atoms with Crippen LogP contribution in [0.25, 0.3) is 21.3 Å². The van der Waals surface area contributed by atoms with Gasteiger partial charge >= 0.3 is 6.18 Å². The first-order valence-corrected chi connectivity index (χ1v) is 11.8. The highest BCUT2D eigenvalue weighted by atomic mass is 79.9. The Hall–Kier alpha value is -3.26. The Balaban J connectivity index is 1.83. The highest BCUT2D eigenvalue weighted by Gasteiger charge is 2.35. The van der Waals surface area contributed by atoms with E-state index in [9.17, 15) is 22.8 Å². The molecule has 4 rings (SSSR count). The van der Waals surface area contributed by atoms with Crippen molar-refractivity contribution >= 4 is 55.0 Å². The van der Waals surface area contributed by atoms with Gasteiger partial charge in [-0.05, 0) is 41.4 Å². The molecule has 14 heteroatoms. The van der Waals surface area contributed by atoms with E-state index in [0.717, 1.165) is 16.2 Å². The highest BCUT2D eigenvalue weighted by Crippen LogP contribution is 2.44. The number of carbonyl (C=O) groups excluding carboxylic acids is 2. The van der Waals surface area contributed by atoms with Crippen LogP contribution < -0.4 is 11.1 Å². The topological polar surface area (TPSA) is 121 Å². The summed E-state index contributed by atoms with van der Waals surface area (Å²) < 4.78 is 44.8. The molecule has 9 nitrogen and oxygen atoms in total. The molecule has 0 atom stereocenters. The number of alkyl halides is 3. The van der Waals surface area contributed by atoms with E-state index in [4.69, 9.17) is 5.73 Å². The predicted molar refractivity (Wildman–Crippen MR) is 128 cm³/mol. The Morgan fingerprint density at radius 2 is 1.89 bits per heavy atom. The van der Waals surface area contributed by atoms with E-state index in [0.29, 0.717) is 22.6 Å². The van der Waals surface area contributed by atoms with E-state index in [1.165, 1.54) is 10.9 Å². The number of fused-ring (bicyclic) bond motifs is 1. The molecule has 0 fully saturated rings. The van der Waals surface area contributed by atoms with E-state index in [1.807, 2.05) is 6.92 Å². The average molecular weight is 570 g/mol. The fourth-order valence-electron chi connectivity index (χ4n) is 3.57. The fourth-order valence-corrected chi connectivity index (χ4v) is 4.87. The summed E-state index contributed by atoms with van der Waals surface area (Å²) in [5.74, 6) is -1.36. The van der Waals surface area contributed by atoms with Gasteiger partial charge < -0.3 is 11.1 Å². The molecule has 0 saturated carbocycles. The molecule has 3 N–H and O–H groups in total. The molecule has 35 heavy (non-hydrogen) atoms. The number of aryl methyl sites for hydroxylation is 2. The van der Waals surface area contributed by atoms with Crippen molar-refractivity contribution in [3.8, 4) is 11.1 Å². The third kappa shape index (κ3) is 4.67. The molecule has 0 aliphatic carbocycles. The van der Waals surface area contributed by atoms with Crippen LogP contribution in [0.2, 0.25) is 0 Å². The molecule has 0 radical (unpaired) electrons. The van der Waals surface area contributed by atoms with Crippen LogP contribution >= 0.6 is 27.3 Å². The molecule has 2 amide bonds. The number of nitrogens with one attached hydrogen (secondary N) is 1. The molecular weight excluding hydrogens is 551 g/mol. The minimum atomic E-state index is -4.73. The van der Waals surface area contributed by atoms with Gasteiger partial charge in [0.1, 0.15) is 15.4 Å². The van der Waals surface area contributed by atoms with Gasteiger partial charge in [0.05, 0.1) is 29.1 Å². The summed E-state index contributed by atoms with van der Waals surface area (Å²) in [6.07, 6.45) is -1.69. The molecule has 184 valence electrons. The van der Waals surface area contributed by atoms with Gasteiger partial charge in [0.25, 0.3) is 5.91 Å². The molecule has 4 aromatic heterocycles. The smallest absolute Gasteiger partial charge is 0.365 e. The quantitative estimate of drug-likeness (QED) is 0.356. The lowest BCUT2D eigenvalue weighted by Gasteiger charge is -2.12. The molecule has 0 aromatic carbocycles. The maximum Gasteiger partial charge on any atom is 0.433 e. The summed E-state index contributed by atoms with van der Waals surface area (Å²) in [6.45, 7) is 3.79. The van der Waals surface area contributed by atoms with E-state index < -0.39 is 23.7 Å². The van der Waals surface area contributed by atoms with Crippen molar-refractivity contribution in [1.82, 2.24) is 24.5 Å². The molecule has 4 aromatic rings. The van der Waals surface area contributed by atoms with Crippen LogP contribution in [0.5, 0.6) is 0 Å². The minimum absolute atomic E-state index is 0.000180. The number of hydrogen-bond donors (Lipinski definition) is 2. The van der Waals surface area contributed by atoms with Crippen LogP contribution in [0.1, 0.15) is 33.2 Å². The number of pyridine rings is 1. The van der Waals surface area contributed by atoms with Crippen LogP contribution in [-0.4, -0.2) is 36.4 Å². The molecule has 0 aliphatic rings. The maximum atomic E-state index is 13.6. The van der Waals surface area contributed by atoms with Crippen LogP contribution in [0.3, 0.4) is 0 Å². The van der Waals surface area contributed by atoms with Gasteiger partial charge in [0, 0.05) is 35.8 Å². The van der Waals surface area contributed by atoms with Gasteiger partial charge in [0.15, 0.2) is 0 Å². The SMILES string of the molecule is Cc1c(-c2cc(C(F)(F)F)nc3sc(C(N)=O)c(NC(=O)CCn4ncc(Br)c4C)c23)cnn1C. The first kappa shape index (κ1) is 24.9. The number of rotatable bonds is 6. The maximum absolute atomic E-state index is 13.6. The molecule has 0 bridgehead atoms. The van der Waals surface area contributed by atoms with Crippen LogP contribution in [0.15, 0.2) is 22.9 Å². The Labute approximate surface area is 209 Å². The number of nitrogens with zero attached hydrogens (tertiary/aromatic N) is 5.